The normalized spacial score (nSPS) is 10.3. The van der Waals surface area contributed by atoms with Gasteiger partial charge in [-0.05, 0) is 29.8 Å². The molecule has 0 aromatic carbocycles. The molecular formula is C7H6BrClFN. The Morgan fingerprint density at radius 2 is 2.00 bits per heavy atom. The standard InChI is InChI=1S/C7H6BrClFN/c1-3-5(8)4(2)11-7(9)6(3)10/h1-2H3. The Labute approximate surface area is 77.7 Å². The molecule has 0 spiro atoms. The van der Waals surface area contributed by atoms with E-state index in [1.165, 1.54) is 0 Å². The van der Waals surface area contributed by atoms with Crippen LogP contribution in [0.25, 0.3) is 0 Å². The first-order valence-electron chi connectivity index (χ1n) is 3.01. The van der Waals surface area contributed by atoms with Gasteiger partial charge in [-0.1, -0.05) is 11.6 Å². The Balaban J connectivity index is 3.46. The van der Waals surface area contributed by atoms with E-state index in [1.54, 1.807) is 13.8 Å². The maximum absolute atomic E-state index is 12.9. The Morgan fingerprint density at radius 1 is 1.45 bits per heavy atom. The molecule has 0 aliphatic rings. The van der Waals surface area contributed by atoms with Crippen LogP contribution in [0.4, 0.5) is 4.39 Å². The number of rotatable bonds is 0. The van der Waals surface area contributed by atoms with Gasteiger partial charge in [-0.25, -0.2) is 9.37 Å². The van der Waals surface area contributed by atoms with Crippen LogP contribution in [0.3, 0.4) is 0 Å². The Hall–Kier alpha value is -0.150. The van der Waals surface area contributed by atoms with Crippen LogP contribution in [0.2, 0.25) is 5.15 Å². The van der Waals surface area contributed by atoms with Crippen molar-refractivity contribution in [3.63, 3.8) is 0 Å². The summed E-state index contributed by atoms with van der Waals surface area (Å²) in [6, 6.07) is 0. The molecule has 1 aromatic rings. The average molecular weight is 238 g/mol. The molecule has 0 amide bonds. The van der Waals surface area contributed by atoms with Gasteiger partial charge in [-0.2, -0.15) is 0 Å². The van der Waals surface area contributed by atoms with Gasteiger partial charge in [0.25, 0.3) is 0 Å². The third kappa shape index (κ3) is 1.54. The van der Waals surface area contributed by atoms with E-state index in [9.17, 15) is 4.39 Å². The van der Waals surface area contributed by atoms with Gasteiger partial charge < -0.3 is 0 Å². The number of aryl methyl sites for hydroxylation is 1. The maximum Gasteiger partial charge on any atom is 0.165 e. The van der Waals surface area contributed by atoms with Crippen LogP contribution in [-0.4, -0.2) is 4.98 Å². The van der Waals surface area contributed by atoms with E-state index in [-0.39, 0.29) is 5.15 Å². The van der Waals surface area contributed by atoms with Crippen molar-refractivity contribution in [2.24, 2.45) is 0 Å². The Bertz CT molecular complexity index is 275. The molecule has 0 aliphatic heterocycles. The van der Waals surface area contributed by atoms with E-state index < -0.39 is 5.82 Å². The molecule has 0 saturated heterocycles. The van der Waals surface area contributed by atoms with Crippen molar-refractivity contribution in [1.29, 1.82) is 0 Å². The highest BCUT2D eigenvalue weighted by Crippen LogP contribution is 2.25. The summed E-state index contributed by atoms with van der Waals surface area (Å²) in [5.41, 5.74) is 1.20. The summed E-state index contributed by atoms with van der Waals surface area (Å²) >= 11 is 8.69. The number of nitrogens with zero attached hydrogens (tertiary/aromatic N) is 1. The van der Waals surface area contributed by atoms with Gasteiger partial charge in [0.05, 0.1) is 5.69 Å². The first-order chi connectivity index (χ1) is 5.04. The summed E-state index contributed by atoms with van der Waals surface area (Å²) in [5.74, 6) is -0.454. The van der Waals surface area contributed by atoms with E-state index in [0.29, 0.717) is 15.7 Å². The van der Waals surface area contributed by atoms with Crippen molar-refractivity contribution in [2.75, 3.05) is 0 Å². The zero-order chi connectivity index (χ0) is 8.59. The molecule has 0 radical (unpaired) electrons. The first-order valence-corrected chi connectivity index (χ1v) is 4.19. The summed E-state index contributed by atoms with van der Waals surface area (Å²) in [6.45, 7) is 3.42. The van der Waals surface area contributed by atoms with Gasteiger partial charge >= 0.3 is 0 Å². The molecule has 0 atom stereocenters. The molecule has 1 rings (SSSR count). The fourth-order valence-electron chi connectivity index (χ4n) is 0.768. The molecular weight excluding hydrogens is 232 g/mol. The van der Waals surface area contributed by atoms with Gasteiger partial charge in [-0.15, -0.1) is 0 Å². The highest BCUT2D eigenvalue weighted by atomic mass is 79.9. The SMILES string of the molecule is Cc1nc(Cl)c(F)c(C)c1Br. The van der Waals surface area contributed by atoms with Gasteiger partial charge in [0.15, 0.2) is 11.0 Å². The average Bonchev–Trinajstić information content (AvgIpc) is 1.97. The lowest BCUT2D eigenvalue weighted by Gasteiger charge is -2.03. The maximum atomic E-state index is 12.9. The number of hydrogen-bond donors (Lipinski definition) is 0. The Kier molecular flexibility index (Phi) is 2.50. The molecule has 11 heavy (non-hydrogen) atoms. The van der Waals surface area contributed by atoms with Gasteiger partial charge in [0.1, 0.15) is 0 Å². The van der Waals surface area contributed by atoms with E-state index in [2.05, 4.69) is 20.9 Å². The van der Waals surface area contributed by atoms with Crippen LogP contribution >= 0.6 is 27.5 Å². The minimum absolute atomic E-state index is 0.0665. The minimum atomic E-state index is -0.454. The first kappa shape index (κ1) is 8.94. The zero-order valence-electron chi connectivity index (χ0n) is 6.08. The van der Waals surface area contributed by atoms with Crippen LogP contribution in [0, 0.1) is 19.7 Å². The highest BCUT2D eigenvalue weighted by molar-refractivity contribution is 9.10. The molecule has 1 heterocycles. The fourth-order valence-corrected chi connectivity index (χ4v) is 1.30. The van der Waals surface area contributed by atoms with Crippen LogP contribution in [0.1, 0.15) is 11.3 Å². The van der Waals surface area contributed by atoms with Crippen molar-refractivity contribution in [2.45, 2.75) is 13.8 Å². The highest BCUT2D eigenvalue weighted by Gasteiger charge is 2.10. The van der Waals surface area contributed by atoms with Crippen molar-refractivity contribution < 1.29 is 4.39 Å². The van der Waals surface area contributed by atoms with E-state index in [0.717, 1.165) is 0 Å². The van der Waals surface area contributed by atoms with Crippen molar-refractivity contribution in [3.8, 4) is 0 Å². The number of halogens is 3. The molecule has 4 heteroatoms. The summed E-state index contributed by atoms with van der Waals surface area (Å²) < 4.78 is 13.6. The van der Waals surface area contributed by atoms with Crippen molar-refractivity contribution in [3.05, 3.63) is 26.7 Å². The lowest BCUT2D eigenvalue weighted by atomic mass is 10.2. The fraction of sp³-hybridized carbons (Fsp3) is 0.286. The molecule has 0 aliphatic carbocycles. The van der Waals surface area contributed by atoms with E-state index in [1.807, 2.05) is 0 Å². The predicted molar refractivity (Wildman–Crippen MR) is 46.4 cm³/mol. The van der Waals surface area contributed by atoms with Crippen LogP contribution in [0.5, 0.6) is 0 Å². The van der Waals surface area contributed by atoms with Crippen LogP contribution in [-0.2, 0) is 0 Å². The smallest absolute Gasteiger partial charge is 0.165 e. The predicted octanol–water partition coefficient (Wildman–Crippen LogP) is 3.25. The zero-order valence-corrected chi connectivity index (χ0v) is 8.42. The monoisotopic (exact) mass is 237 g/mol. The second-order valence-electron chi connectivity index (χ2n) is 2.24. The molecule has 60 valence electrons. The van der Waals surface area contributed by atoms with E-state index >= 15 is 0 Å². The minimum Gasteiger partial charge on any atom is -0.237 e. The number of aromatic nitrogens is 1. The summed E-state index contributed by atoms with van der Waals surface area (Å²) in [5, 5.41) is -0.0665. The largest absolute Gasteiger partial charge is 0.237 e. The third-order valence-corrected chi connectivity index (χ3v) is 2.84. The third-order valence-electron chi connectivity index (χ3n) is 1.42. The topological polar surface area (TPSA) is 12.9 Å². The van der Waals surface area contributed by atoms with Gasteiger partial charge in [0.2, 0.25) is 0 Å². The summed E-state index contributed by atoms with van der Waals surface area (Å²) in [6.07, 6.45) is 0. The lowest BCUT2D eigenvalue weighted by molar-refractivity contribution is 0.609. The second-order valence-corrected chi connectivity index (χ2v) is 3.39. The molecule has 0 unspecified atom stereocenters. The number of hydrogen-bond acceptors (Lipinski definition) is 1. The summed E-state index contributed by atoms with van der Waals surface area (Å²) in [7, 11) is 0. The van der Waals surface area contributed by atoms with Crippen molar-refractivity contribution in [1.82, 2.24) is 4.98 Å². The summed E-state index contributed by atoms with van der Waals surface area (Å²) in [4.78, 5) is 3.78. The molecule has 0 fully saturated rings. The molecule has 1 nitrogen and oxygen atoms in total. The van der Waals surface area contributed by atoms with Crippen LogP contribution in [0.15, 0.2) is 4.47 Å². The number of pyridine rings is 1. The molecule has 0 N–H and O–H groups in total. The van der Waals surface area contributed by atoms with Crippen LogP contribution < -0.4 is 0 Å². The quantitative estimate of drug-likeness (QED) is 0.632. The molecule has 0 bridgehead atoms. The Morgan fingerprint density at radius 3 is 2.55 bits per heavy atom. The molecule has 1 aromatic heterocycles. The molecule has 0 saturated carbocycles. The van der Waals surface area contributed by atoms with Gasteiger partial charge in [-0.3, -0.25) is 0 Å². The van der Waals surface area contributed by atoms with E-state index in [4.69, 9.17) is 11.6 Å². The van der Waals surface area contributed by atoms with Crippen molar-refractivity contribution >= 4 is 27.5 Å². The second kappa shape index (κ2) is 3.07. The lowest BCUT2D eigenvalue weighted by Crippen LogP contribution is -1.93. The van der Waals surface area contributed by atoms with Gasteiger partial charge in [0, 0.05) is 10.0 Å².